The summed E-state index contributed by atoms with van der Waals surface area (Å²) in [6.45, 7) is 1.13. The van der Waals surface area contributed by atoms with Crippen LogP contribution in [0.5, 0.6) is 0 Å². The molecule has 1 heterocycles. The van der Waals surface area contributed by atoms with Gasteiger partial charge in [0, 0.05) is 19.0 Å². The highest BCUT2D eigenvalue weighted by Gasteiger charge is 2.43. The van der Waals surface area contributed by atoms with Gasteiger partial charge in [0.25, 0.3) is 0 Å². The van der Waals surface area contributed by atoms with E-state index in [0.717, 1.165) is 11.4 Å². The molecule has 1 aromatic carbocycles. The van der Waals surface area contributed by atoms with E-state index >= 15 is 0 Å². The Hall–Kier alpha value is -1.55. The van der Waals surface area contributed by atoms with Crippen molar-refractivity contribution in [3.63, 3.8) is 0 Å². The molecule has 3 N–H and O–H groups in total. The molecule has 0 radical (unpaired) electrons. The van der Waals surface area contributed by atoms with Crippen molar-refractivity contribution < 1.29 is 4.79 Å². The number of benzene rings is 1. The van der Waals surface area contributed by atoms with Crippen molar-refractivity contribution in [1.82, 2.24) is 0 Å². The molecule has 1 fully saturated rings. The van der Waals surface area contributed by atoms with Gasteiger partial charge >= 0.3 is 0 Å². The van der Waals surface area contributed by atoms with Gasteiger partial charge in [-0.1, -0.05) is 6.07 Å². The maximum absolute atomic E-state index is 11.4. The largest absolute Gasteiger partial charge is 0.364 e. The van der Waals surface area contributed by atoms with Crippen LogP contribution in [-0.4, -0.2) is 26.0 Å². The van der Waals surface area contributed by atoms with Crippen molar-refractivity contribution in [2.45, 2.75) is 18.3 Å². The van der Waals surface area contributed by atoms with Gasteiger partial charge in [0.1, 0.15) is 0 Å². The van der Waals surface area contributed by atoms with Crippen LogP contribution in [-0.2, 0) is 10.2 Å². The molecule has 90 valence electrons. The lowest BCUT2D eigenvalue weighted by molar-refractivity contribution is -0.115. The summed E-state index contributed by atoms with van der Waals surface area (Å²) in [6, 6.07) is 6.26. The standard InChI is InChI=1S/C13H17N3O/c1-16-7-12(17)15-10-3-2-9(6-11(10)16)13(8-14)4-5-13/h2-3,6H,4-5,7-8,14H2,1H3,(H,15,17). The van der Waals surface area contributed by atoms with E-state index in [1.165, 1.54) is 18.4 Å². The lowest BCUT2D eigenvalue weighted by atomic mass is 9.94. The zero-order valence-corrected chi connectivity index (χ0v) is 9.99. The highest BCUT2D eigenvalue weighted by molar-refractivity contribution is 6.01. The second kappa shape index (κ2) is 3.47. The first-order valence-electron chi connectivity index (χ1n) is 6.00. The zero-order valence-electron chi connectivity index (χ0n) is 9.99. The average Bonchev–Trinajstić information content (AvgIpc) is 3.09. The topological polar surface area (TPSA) is 58.4 Å². The van der Waals surface area contributed by atoms with Crippen LogP contribution in [0.25, 0.3) is 0 Å². The van der Waals surface area contributed by atoms with Crippen LogP contribution in [0.2, 0.25) is 0 Å². The predicted molar refractivity (Wildman–Crippen MR) is 68.3 cm³/mol. The number of anilines is 2. The van der Waals surface area contributed by atoms with Crippen molar-refractivity contribution in [3.8, 4) is 0 Å². The molecular formula is C13H17N3O. The Morgan fingerprint density at radius 3 is 2.88 bits per heavy atom. The number of nitrogens with two attached hydrogens (primary N) is 1. The number of nitrogens with zero attached hydrogens (tertiary/aromatic N) is 1. The van der Waals surface area contributed by atoms with Crippen molar-refractivity contribution >= 4 is 17.3 Å². The van der Waals surface area contributed by atoms with Crippen molar-refractivity contribution in [1.29, 1.82) is 0 Å². The van der Waals surface area contributed by atoms with E-state index in [4.69, 9.17) is 5.73 Å². The van der Waals surface area contributed by atoms with E-state index < -0.39 is 0 Å². The smallest absolute Gasteiger partial charge is 0.243 e. The molecule has 4 nitrogen and oxygen atoms in total. The van der Waals surface area contributed by atoms with Crippen LogP contribution >= 0.6 is 0 Å². The fourth-order valence-electron chi connectivity index (χ4n) is 2.53. The quantitative estimate of drug-likeness (QED) is 0.800. The molecule has 1 aromatic rings. The minimum absolute atomic E-state index is 0.0488. The van der Waals surface area contributed by atoms with Gasteiger partial charge in [-0.05, 0) is 30.5 Å². The first-order chi connectivity index (χ1) is 8.14. The number of hydrogen-bond acceptors (Lipinski definition) is 3. The van der Waals surface area contributed by atoms with Crippen LogP contribution in [0.3, 0.4) is 0 Å². The monoisotopic (exact) mass is 231 g/mol. The SMILES string of the molecule is CN1CC(=O)Nc2ccc(C3(CN)CC3)cc21. The molecule has 0 spiro atoms. The average molecular weight is 231 g/mol. The lowest BCUT2D eigenvalue weighted by Crippen LogP contribution is -2.35. The van der Waals surface area contributed by atoms with Crippen molar-refractivity contribution in [3.05, 3.63) is 23.8 Å². The predicted octanol–water partition coefficient (Wildman–Crippen LogP) is 1.07. The Bertz CT molecular complexity index is 480. The summed E-state index contributed by atoms with van der Waals surface area (Å²) in [5.74, 6) is 0.0488. The highest BCUT2D eigenvalue weighted by atomic mass is 16.2. The van der Waals surface area contributed by atoms with Gasteiger partial charge in [0.2, 0.25) is 5.91 Å². The van der Waals surface area contributed by atoms with Gasteiger partial charge in [-0.2, -0.15) is 0 Å². The highest BCUT2D eigenvalue weighted by Crippen LogP contribution is 2.48. The van der Waals surface area contributed by atoms with E-state index in [2.05, 4.69) is 17.4 Å². The number of amides is 1. The molecule has 1 aliphatic heterocycles. The summed E-state index contributed by atoms with van der Waals surface area (Å²) in [4.78, 5) is 13.4. The molecule has 0 unspecified atom stereocenters. The summed E-state index contributed by atoms with van der Waals surface area (Å²) in [7, 11) is 1.95. The van der Waals surface area contributed by atoms with Gasteiger partial charge < -0.3 is 16.0 Å². The van der Waals surface area contributed by atoms with Crippen molar-refractivity contribution in [2.75, 3.05) is 30.4 Å². The van der Waals surface area contributed by atoms with Crippen molar-refractivity contribution in [2.24, 2.45) is 5.73 Å². The minimum Gasteiger partial charge on any atom is -0.364 e. The fraction of sp³-hybridized carbons (Fsp3) is 0.462. The lowest BCUT2D eigenvalue weighted by Gasteiger charge is -2.28. The first-order valence-corrected chi connectivity index (χ1v) is 6.00. The van der Waals surface area contributed by atoms with Crippen LogP contribution in [0.15, 0.2) is 18.2 Å². The van der Waals surface area contributed by atoms with E-state index in [0.29, 0.717) is 13.1 Å². The van der Waals surface area contributed by atoms with Crippen LogP contribution in [0.4, 0.5) is 11.4 Å². The number of carbonyl (C=O) groups is 1. The second-order valence-corrected chi connectivity index (χ2v) is 5.12. The number of nitrogens with one attached hydrogen (secondary N) is 1. The number of hydrogen-bond donors (Lipinski definition) is 2. The van der Waals surface area contributed by atoms with Crippen LogP contribution in [0, 0.1) is 0 Å². The normalized spacial score (nSPS) is 20.8. The number of rotatable bonds is 2. The number of carbonyl (C=O) groups excluding carboxylic acids is 1. The summed E-state index contributed by atoms with van der Waals surface area (Å²) < 4.78 is 0. The van der Waals surface area contributed by atoms with E-state index in [-0.39, 0.29) is 11.3 Å². The minimum atomic E-state index is 0.0488. The molecule has 3 rings (SSSR count). The maximum atomic E-state index is 11.4. The first kappa shape index (κ1) is 10.6. The molecule has 0 atom stereocenters. The summed E-state index contributed by atoms with van der Waals surface area (Å²) >= 11 is 0. The van der Waals surface area contributed by atoms with Gasteiger partial charge in [0.15, 0.2) is 0 Å². The van der Waals surface area contributed by atoms with E-state index in [1.807, 2.05) is 18.0 Å². The molecule has 2 aliphatic rings. The molecule has 1 aliphatic carbocycles. The number of fused-ring (bicyclic) bond motifs is 1. The van der Waals surface area contributed by atoms with Crippen LogP contribution in [0.1, 0.15) is 18.4 Å². The third-order valence-electron chi connectivity index (χ3n) is 3.92. The van der Waals surface area contributed by atoms with Gasteiger partial charge in [-0.3, -0.25) is 4.79 Å². The Balaban J connectivity index is 2.01. The van der Waals surface area contributed by atoms with Gasteiger partial charge in [-0.25, -0.2) is 0 Å². The number of likely N-dealkylation sites (N-methyl/N-ethyl adjacent to an activating group) is 1. The summed E-state index contributed by atoms with van der Waals surface area (Å²) in [5, 5.41) is 2.90. The molecule has 0 bridgehead atoms. The third kappa shape index (κ3) is 1.60. The molecule has 1 saturated carbocycles. The van der Waals surface area contributed by atoms with Gasteiger partial charge in [0.05, 0.1) is 17.9 Å². The van der Waals surface area contributed by atoms with E-state index in [9.17, 15) is 4.79 Å². The zero-order chi connectivity index (χ0) is 12.0. The fourth-order valence-corrected chi connectivity index (χ4v) is 2.53. The third-order valence-corrected chi connectivity index (χ3v) is 3.92. The Morgan fingerprint density at radius 2 is 2.24 bits per heavy atom. The Morgan fingerprint density at radius 1 is 1.47 bits per heavy atom. The van der Waals surface area contributed by atoms with E-state index in [1.54, 1.807) is 0 Å². The Kier molecular flexibility index (Phi) is 2.16. The molecular weight excluding hydrogens is 214 g/mol. The molecule has 17 heavy (non-hydrogen) atoms. The molecule has 0 saturated heterocycles. The van der Waals surface area contributed by atoms with Gasteiger partial charge in [-0.15, -0.1) is 0 Å². The second-order valence-electron chi connectivity index (χ2n) is 5.12. The summed E-state index contributed by atoms with van der Waals surface area (Å²) in [6.07, 6.45) is 2.36. The summed E-state index contributed by atoms with van der Waals surface area (Å²) in [5.41, 5.74) is 9.37. The maximum Gasteiger partial charge on any atom is 0.243 e. The Labute approximate surface area is 101 Å². The molecule has 0 aromatic heterocycles. The molecule has 1 amide bonds. The molecule has 4 heteroatoms. The van der Waals surface area contributed by atoms with Crippen LogP contribution < -0.4 is 16.0 Å².